The van der Waals surface area contributed by atoms with Crippen molar-refractivity contribution in [3.8, 4) is 5.75 Å². The Morgan fingerprint density at radius 3 is 2.41 bits per heavy atom. The lowest BCUT2D eigenvalue weighted by atomic mass is 9.87. The first-order chi connectivity index (χ1) is 13.1. The van der Waals surface area contributed by atoms with Gasteiger partial charge >= 0.3 is 0 Å². The van der Waals surface area contributed by atoms with Crippen molar-refractivity contribution < 1.29 is 14.3 Å². The Morgan fingerprint density at radius 1 is 1.11 bits per heavy atom. The first-order valence-corrected chi connectivity index (χ1v) is 10.4. The van der Waals surface area contributed by atoms with Crippen LogP contribution in [0.2, 0.25) is 0 Å². The maximum atomic E-state index is 13.1. The second-order valence-corrected chi connectivity index (χ2v) is 8.39. The van der Waals surface area contributed by atoms with Crippen molar-refractivity contribution in [2.75, 3.05) is 13.7 Å². The molecule has 3 aliphatic rings. The maximum absolute atomic E-state index is 13.1. The SMILES string of the molecule is COc1ccc(C2(NC(=O)C3CC(=O)N(C4CCCC4)C3)CCCC2)cc1. The molecule has 1 unspecified atom stereocenters. The number of likely N-dealkylation sites (tertiary alicyclic amines) is 1. The predicted octanol–water partition coefficient (Wildman–Crippen LogP) is 3.37. The fourth-order valence-corrected chi connectivity index (χ4v) is 5.19. The summed E-state index contributed by atoms with van der Waals surface area (Å²) in [6.07, 6.45) is 9.09. The Hall–Kier alpha value is -2.04. The van der Waals surface area contributed by atoms with E-state index in [2.05, 4.69) is 17.4 Å². The fraction of sp³-hybridized carbons (Fsp3) is 0.636. The van der Waals surface area contributed by atoms with Crippen LogP contribution in [0.4, 0.5) is 0 Å². The monoisotopic (exact) mass is 370 g/mol. The Kier molecular flexibility index (Phi) is 5.11. The topological polar surface area (TPSA) is 58.6 Å². The second-order valence-electron chi connectivity index (χ2n) is 8.39. The average molecular weight is 370 g/mol. The van der Waals surface area contributed by atoms with Gasteiger partial charge < -0.3 is 15.0 Å². The average Bonchev–Trinajstić information content (AvgIpc) is 3.42. The van der Waals surface area contributed by atoms with Gasteiger partial charge in [0, 0.05) is 19.0 Å². The lowest BCUT2D eigenvalue weighted by Gasteiger charge is -2.32. The number of methoxy groups -OCH3 is 1. The van der Waals surface area contributed by atoms with E-state index < -0.39 is 0 Å². The zero-order valence-corrected chi connectivity index (χ0v) is 16.2. The molecule has 2 aliphatic carbocycles. The summed E-state index contributed by atoms with van der Waals surface area (Å²) in [5.74, 6) is 0.814. The summed E-state index contributed by atoms with van der Waals surface area (Å²) >= 11 is 0. The van der Waals surface area contributed by atoms with Crippen LogP contribution >= 0.6 is 0 Å². The molecule has 0 spiro atoms. The van der Waals surface area contributed by atoms with E-state index in [0.717, 1.165) is 49.8 Å². The smallest absolute Gasteiger partial charge is 0.226 e. The van der Waals surface area contributed by atoms with Crippen LogP contribution in [0.15, 0.2) is 24.3 Å². The largest absolute Gasteiger partial charge is 0.497 e. The van der Waals surface area contributed by atoms with Crippen molar-refractivity contribution in [2.24, 2.45) is 5.92 Å². The number of carbonyl (C=O) groups excluding carboxylic acids is 2. The number of nitrogens with zero attached hydrogens (tertiary/aromatic N) is 1. The number of hydrogen-bond donors (Lipinski definition) is 1. The molecule has 0 bridgehead atoms. The molecule has 5 nitrogen and oxygen atoms in total. The Labute approximate surface area is 161 Å². The minimum absolute atomic E-state index is 0.0431. The van der Waals surface area contributed by atoms with Crippen molar-refractivity contribution in [2.45, 2.75) is 69.4 Å². The van der Waals surface area contributed by atoms with Gasteiger partial charge in [-0.2, -0.15) is 0 Å². The molecule has 1 aromatic carbocycles. The van der Waals surface area contributed by atoms with Crippen molar-refractivity contribution >= 4 is 11.8 Å². The van der Waals surface area contributed by atoms with Crippen LogP contribution in [0.25, 0.3) is 0 Å². The van der Waals surface area contributed by atoms with E-state index in [0.29, 0.717) is 19.0 Å². The van der Waals surface area contributed by atoms with Gasteiger partial charge in [0.1, 0.15) is 5.75 Å². The van der Waals surface area contributed by atoms with Gasteiger partial charge in [-0.1, -0.05) is 37.8 Å². The molecule has 1 heterocycles. The molecule has 1 aromatic rings. The summed E-state index contributed by atoms with van der Waals surface area (Å²) in [5, 5.41) is 3.36. The number of hydrogen-bond acceptors (Lipinski definition) is 3. The van der Waals surface area contributed by atoms with E-state index >= 15 is 0 Å². The third-order valence-electron chi connectivity index (χ3n) is 6.76. The van der Waals surface area contributed by atoms with Crippen molar-refractivity contribution in [1.29, 1.82) is 0 Å². The van der Waals surface area contributed by atoms with Gasteiger partial charge in [-0.3, -0.25) is 9.59 Å². The molecule has 146 valence electrons. The summed E-state index contributed by atoms with van der Waals surface area (Å²) in [4.78, 5) is 27.5. The van der Waals surface area contributed by atoms with E-state index in [9.17, 15) is 9.59 Å². The first kappa shape index (κ1) is 18.3. The number of rotatable bonds is 5. The predicted molar refractivity (Wildman–Crippen MR) is 103 cm³/mol. The molecule has 2 amide bonds. The normalized spacial score (nSPS) is 25.1. The zero-order valence-electron chi connectivity index (χ0n) is 16.2. The molecule has 1 atom stereocenters. The van der Waals surface area contributed by atoms with E-state index in [1.54, 1.807) is 7.11 Å². The molecular weight excluding hydrogens is 340 g/mol. The molecule has 0 radical (unpaired) electrons. The van der Waals surface area contributed by atoms with E-state index in [1.165, 1.54) is 12.8 Å². The highest BCUT2D eigenvalue weighted by molar-refractivity contribution is 5.89. The van der Waals surface area contributed by atoms with Crippen LogP contribution in [0.1, 0.15) is 63.4 Å². The van der Waals surface area contributed by atoms with E-state index in [1.807, 2.05) is 17.0 Å². The molecule has 2 saturated carbocycles. The third kappa shape index (κ3) is 3.56. The summed E-state index contributed by atoms with van der Waals surface area (Å²) in [6, 6.07) is 8.41. The van der Waals surface area contributed by atoms with Crippen LogP contribution in [0, 0.1) is 5.92 Å². The van der Waals surface area contributed by atoms with E-state index in [4.69, 9.17) is 4.74 Å². The van der Waals surface area contributed by atoms with Crippen LogP contribution < -0.4 is 10.1 Å². The van der Waals surface area contributed by atoms with Gasteiger partial charge in [-0.25, -0.2) is 0 Å². The van der Waals surface area contributed by atoms with Crippen LogP contribution in [0.3, 0.4) is 0 Å². The van der Waals surface area contributed by atoms with Gasteiger partial charge in [-0.15, -0.1) is 0 Å². The van der Waals surface area contributed by atoms with Crippen LogP contribution in [-0.4, -0.2) is 36.4 Å². The number of amides is 2. The van der Waals surface area contributed by atoms with Crippen molar-refractivity contribution in [3.63, 3.8) is 0 Å². The molecular formula is C22H30N2O3. The number of carbonyl (C=O) groups is 2. The summed E-state index contributed by atoms with van der Waals surface area (Å²) in [7, 11) is 1.66. The molecule has 3 fully saturated rings. The molecule has 5 heteroatoms. The zero-order chi connectivity index (χ0) is 18.9. The van der Waals surface area contributed by atoms with Gasteiger partial charge in [-0.05, 0) is 43.4 Å². The quantitative estimate of drug-likeness (QED) is 0.864. The fourth-order valence-electron chi connectivity index (χ4n) is 5.19. The molecule has 0 aromatic heterocycles. The van der Waals surface area contributed by atoms with Gasteiger partial charge in [0.25, 0.3) is 0 Å². The van der Waals surface area contributed by atoms with Crippen LogP contribution in [-0.2, 0) is 15.1 Å². The van der Waals surface area contributed by atoms with E-state index in [-0.39, 0.29) is 23.3 Å². The van der Waals surface area contributed by atoms with Crippen molar-refractivity contribution in [1.82, 2.24) is 10.2 Å². The lowest BCUT2D eigenvalue weighted by Crippen LogP contribution is -2.47. The Bertz CT molecular complexity index is 688. The highest BCUT2D eigenvalue weighted by atomic mass is 16.5. The molecule has 27 heavy (non-hydrogen) atoms. The molecule has 1 N–H and O–H groups in total. The summed E-state index contributed by atoms with van der Waals surface area (Å²) in [5.41, 5.74) is 0.846. The first-order valence-electron chi connectivity index (χ1n) is 10.4. The summed E-state index contributed by atoms with van der Waals surface area (Å²) < 4.78 is 5.27. The second kappa shape index (κ2) is 7.53. The highest BCUT2D eigenvalue weighted by Gasteiger charge is 2.43. The Balaban J connectivity index is 1.47. The number of benzene rings is 1. The van der Waals surface area contributed by atoms with Crippen molar-refractivity contribution in [3.05, 3.63) is 29.8 Å². The van der Waals surface area contributed by atoms with Gasteiger partial charge in [0.15, 0.2) is 0 Å². The minimum Gasteiger partial charge on any atom is -0.497 e. The number of nitrogens with one attached hydrogen (secondary N) is 1. The Morgan fingerprint density at radius 2 is 1.78 bits per heavy atom. The summed E-state index contributed by atoms with van der Waals surface area (Å²) in [6.45, 7) is 0.591. The number of ether oxygens (including phenoxy) is 1. The van der Waals surface area contributed by atoms with Crippen LogP contribution in [0.5, 0.6) is 5.75 Å². The molecule has 4 rings (SSSR count). The molecule has 1 aliphatic heterocycles. The third-order valence-corrected chi connectivity index (χ3v) is 6.76. The highest BCUT2D eigenvalue weighted by Crippen LogP contribution is 2.40. The minimum atomic E-state index is -0.298. The lowest BCUT2D eigenvalue weighted by molar-refractivity contribution is -0.130. The molecule has 1 saturated heterocycles. The van der Waals surface area contributed by atoms with Gasteiger partial charge in [0.2, 0.25) is 11.8 Å². The van der Waals surface area contributed by atoms with Gasteiger partial charge in [0.05, 0.1) is 18.6 Å². The maximum Gasteiger partial charge on any atom is 0.226 e. The standard InChI is InChI=1S/C22H30N2O3/c1-27-19-10-8-17(9-11-19)22(12-4-5-13-22)23-21(26)16-14-20(25)24(15-16)18-6-2-3-7-18/h8-11,16,18H,2-7,12-15H2,1H3,(H,23,26).